The molecule has 35 heavy (non-hydrogen) atoms. The van der Waals surface area contributed by atoms with Crippen LogP contribution < -0.4 is 5.32 Å². The topological polar surface area (TPSA) is 32.3 Å². The quantitative estimate of drug-likeness (QED) is 0.336. The van der Waals surface area contributed by atoms with Gasteiger partial charge in [-0.1, -0.05) is 94.4 Å². The summed E-state index contributed by atoms with van der Waals surface area (Å²) < 4.78 is 0. The highest BCUT2D eigenvalue weighted by Gasteiger charge is 2.22. The second-order valence-electron chi connectivity index (χ2n) is 8.34. The number of hydrogen-bond acceptors (Lipinski definition) is 2. The molecule has 1 aliphatic carbocycles. The molecular formula is C31H43ClN2O. The third-order valence-electron chi connectivity index (χ3n) is 5.32. The molecule has 2 aromatic rings. The van der Waals surface area contributed by atoms with Crippen LogP contribution in [0.4, 0.5) is 5.69 Å². The summed E-state index contributed by atoms with van der Waals surface area (Å²) in [5, 5.41) is 3.68. The summed E-state index contributed by atoms with van der Waals surface area (Å²) in [7, 11) is 2.17. The zero-order valence-electron chi connectivity index (χ0n) is 22.4. The Morgan fingerprint density at radius 3 is 2.09 bits per heavy atom. The van der Waals surface area contributed by atoms with Gasteiger partial charge >= 0.3 is 0 Å². The highest BCUT2D eigenvalue weighted by Crippen LogP contribution is 2.29. The second kappa shape index (κ2) is 16.9. The van der Waals surface area contributed by atoms with E-state index in [-0.39, 0.29) is 5.91 Å². The molecule has 1 aliphatic rings. The monoisotopic (exact) mass is 494 g/mol. The first-order valence-corrected chi connectivity index (χ1v) is 13.1. The average Bonchev–Trinajstić information content (AvgIpc) is 3.68. The lowest BCUT2D eigenvalue weighted by Gasteiger charge is -2.16. The van der Waals surface area contributed by atoms with Crippen LogP contribution in [0.2, 0.25) is 0 Å². The van der Waals surface area contributed by atoms with Gasteiger partial charge in [0, 0.05) is 23.8 Å². The van der Waals surface area contributed by atoms with Gasteiger partial charge in [-0.3, -0.25) is 4.79 Å². The molecule has 0 aliphatic heterocycles. The summed E-state index contributed by atoms with van der Waals surface area (Å²) >= 11 is 5.90. The lowest BCUT2D eigenvalue weighted by molar-refractivity contribution is -0.115. The van der Waals surface area contributed by atoms with Gasteiger partial charge in [0.25, 0.3) is 0 Å². The molecule has 0 heterocycles. The fourth-order valence-electron chi connectivity index (χ4n) is 3.50. The van der Waals surface area contributed by atoms with Crippen molar-refractivity contribution in [3.63, 3.8) is 0 Å². The smallest absolute Gasteiger partial charge is 0.228 e. The van der Waals surface area contributed by atoms with Crippen LogP contribution in [0.25, 0.3) is 5.57 Å². The molecular weight excluding hydrogens is 452 g/mol. The third kappa shape index (κ3) is 12.1. The van der Waals surface area contributed by atoms with E-state index in [1.54, 1.807) is 6.08 Å². The van der Waals surface area contributed by atoms with Gasteiger partial charge in [-0.25, -0.2) is 0 Å². The number of hydrogen-bond donors (Lipinski definition) is 1. The summed E-state index contributed by atoms with van der Waals surface area (Å²) in [6.45, 7) is 15.8. The fraction of sp³-hybridized carbons (Fsp3) is 0.387. The first kappa shape index (κ1) is 30.4. The van der Waals surface area contributed by atoms with Crippen molar-refractivity contribution in [1.29, 1.82) is 0 Å². The number of carbonyl (C=O) groups excluding carboxylic acids is 1. The van der Waals surface area contributed by atoms with Gasteiger partial charge < -0.3 is 10.2 Å². The average molecular weight is 495 g/mol. The minimum Gasteiger partial charge on any atom is -0.326 e. The Kier molecular flexibility index (Phi) is 14.7. The number of rotatable bonds is 10. The molecule has 0 atom stereocenters. The van der Waals surface area contributed by atoms with Gasteiger partial charge in [0.15, 0.2) is 0 Å². The zero-order valence-corrected chi connectivity index (χ0v) is 23.2. The number of allylic oxidation sites excluding steroid dienone is 5. The minimum absolute atomic E-state index is 0.0217. The number of carbonyl (C=O) groups is 1. The van der Waals surface area contributed by atoms with E-state index in [0.29, 0.717) is 11.5 Å². The Morgan fingerprint density at radius 1 is 1.00 bits per heavy atom. The molecule has 0 bridgehead atoms. The normalized spacial score (nSPS) is 13.3. The lowest BCUT2D eigenvalue weighted by atomic mass is 10.0. The van der Waals surface area contributed by atoms with Gasteiger partial charge in [-0.2, -0.15) is 0 Å². The highest BCUT2D eigenvalue weighted by molar-refractivity contribution is 6.29. The molecule has 1 amide bonds. The Morgan fingerprint density at radius 2 is 1.57 bits per heavy atom. The molecule has 1 fully saturated rings. The van der Waals surface area contributed by atoms with E-state index in [0.717, 1.165) is 34.9 Å². The zero-order chi connectivity index (χ0) is 26.2. The minimum atomic E-state index is -0.0217. The van der Waals surface area contributed by atoms with Crippen LogP contribution in [0.5, 0.6) is 0 Å². The molecule has 0 spiro atoms. The number of halogens is 1. The first-order valence-electron chi connectivity index (χ1n) is 12.8. The van der Waals surface area contributed by atoms with Crippen LogP contribution in [-0.4, -0.2) is 24.4 Å². The van der Waals surface area contributed by atoms with E-state index < -0.39 is 0 Å². The largest absolute Gasteiger partial charge is 0.326 e. The molecule has 0 saturated heterocycles. The SMILES string of the molecule is C=C/C(=C\C=C(/C)Cl)c1ccc(NC(=O)Cc2ccc(CN(C)CC3CC3)cc2)cc1.CC.CC. The Balaban J connectivity index is 0.00000145. The van der Waals surface area contributed by atoms with E-state index in [1.807, 2.05) is 71.0 Å². The Bertz CT molecular complexity index is 950. The number of anilines is 1. The van der Waals surface area contributed by atoms with Crippen LogP contribution in [0, 0.1) is 5.92 Å². The van der Waals surface area contributed by atoms with Crippen molar-refractivity contribution in [2.75, 3.05) is 18.9 Å². The number of amides is 1. The van der Waals surface area contributed by atoms with Crippen molar-refractivity contribution in [1.82, 2.24) is 4.90 Å². The first-order chi connectivity index (χ1) is 16.9. The van der Waals surface area contributed by atoms with E-state index >= 15 is 0 Å². The van der Waals surface area contributed by atoms with Gasteiger partial charge in [-0.15, -0.1) is 0 Å². The maximum Gasteiger partial charge on any atom is 0.228 e. The summed E-state index contributed by atoms with van der Waals surface area (Å²) in [5.74, 6) is 0.875. The van der Waals surface area contributed by atoms with E-state index in [2.05, 4.69) is 48.1 Å². The Labute approximate surface area is 218 Å². The predicted molar refractivity (Wildman–Crippen MR) is 155 cm³/mol. The molecule has 190 valence electrons. The maximum absolute atomic E-state index is 12.5. The van der Waals surface area contributed by atoms with Crippen molar-refractivity contribution in [3.8, 4) is 0 Å². The van der Waals surface area contributed by atoms with Crippen molar-refractivity contribution in [2.24, 2.45) is 5.92 Å². The molecule has 4 heteroatoms. The third-order valence-corrected chi connectivity index (χ3v) is 5.45. The summed E-state index contributed by atoms with van der Waals surface area (Å²) in [5.41, 5.74) is 5.07. The van der Waals surface area contributed by atoms with Gasteiger partial charge in [0.2, 0.25) is 5.91 Å². The summed E-state index contributed by atoms with van der Waals surface area (Å²) in [6, 6.07) is 16.1. The van der Waals surface area contributed by atoms with Crippen LogP contribution in [-0.2, 0) is 17.8 Å². The summed E-state index contributed by atoms with van der Waals surface area (Å²) in [4.78, 5) is 14.8. The van der Waals surface area contributed by atoms with Crippen molar-refractivity contribution >= 4 is 28.8 Å². The molecule has 2 aromatic carbocycles. The summed E-state index contributed by atoms with van der Waals surface area (Å²) in [6.07, 6.45) is 8.66. The molecule has 3 rings (SSSR count). The van der Waals surface area contributed by atoms with Crippen molar-refractivity contribution in [2.45, 2.75) is 60.4 Å². The Hall–Kier alpha value is -2.62. The van der Waals surface area contributed by atoms with Crippen LogP contribution >= 0.6 is 11.6 Å². The highest BCUT2D eigenvalue weighted by atomic mass is 35.5. The van der Waals surface area contributed by atoms with E-state index in [9.17, 15) is 4.79 Å². The van der Waals surface area contributed by atoms with Crippen molar-refractivity contribution in [3.05, 3.63) is 95.1 Å². The molecule has 3 nitrogen and oxygen atoms in total. The molecule has 0 radical (unpaired) electrons. The number of nitrogens with one attached hydrogen (secondary N) is 1. The van der Waals surface area contributed by atoms with Crippen LogP contribution in [0.15, 0.2) is 78.4 Å². The molecule has 1 N–H and O–H groups in total. The molecule has 0 aromatic heterocycles. The number of nitrogens with zero attached hydrogens (tertiary/aromatic N) is 1. The van der Waals surface area contributed by atoms with Gasteiger partial charge in [-0.05, 0) is 73.2 Å². The predicted octanol–water partition coefficient (Wildman–Crippen LogP) is 8.47. The second-order valence-corrected chi connectivity index (χ2v) is 8.93. The van der Waals surface area contributed by atoms with Crippen LogP contribution in [0.3, 0.4) is 0 Å². The van der Waals surface area contributed by atoms with Gasteiger partial charge in [0.1, 0.15) is 0 Å². The molecule has 0 unspecified atom stereocenters. The van der Waals surface area contributed by atoms with E-state index in [1.165, 1.54) is 24.9 Å². The number of benzene rings is 2. The van der Waals surface area contributed by atoms with E-state index in [4.69, 9.17) is 11.6 Å². The van der Waals surface area contributed by atoms with Crippen molar-refractivity contribution < 1.29 is 4.79 Å². The molecule has 1 saturated carbocycles. The maximum atomic E-state index is 12.5. The fourth-order valence-corrected chi connectivity index (χ4v) is 3.57. The van der Waals surface area contributed by atoms with Crippen LogP contribution in [0.1, 0.15) is 64.2 Å². The van der Waals surface area contributed by atoms with Gasteiger partial charge in [0.05, 0.1) is 6.42 Å². The lowest BCUT2D eigenvalue weighted by Crippen LogP contribution is -2.20. The standard InChI is InChI=1S/C27H31ClN2O.2C2H6/c1-4-24(12-5-20(2)28)25-13-15-26(16-14-25)29-27(31)17-21-6-8-22(9-7-21)18-30(3)19-23-10-11-23;2*1-2/h4-9,12-16,23H,1,10-11,17-19H2,2-3H3,(H,29,31);2*1-2H3/b20-5+,24-12+;;.